The molecule has 0 spiro atoms. The van der Waals surface area contributed by atoms with Crippen molar-refractivity contribution >= 4 is 0 Å². The highest BCUT2D eigenvalue weighted by Crippen LogP contribution is 2.14. The summed E-state index contributed by atoms with van der Waals surface area (Å²) < 4.78 is 0. The van der Waals surface area contributed by atoms with Crippen LogP contribution in [0, 0.1) is 0 Å². The Morgan fingerprint density at radius 3 is 1.36 bits per heavy atom. The van der Waals surface area contributed by atoms with Crippen molar-refractivity contribution in [1.82, 2.24) is 4.90 Å². The Hall–Kier alpha value is -0.300. The maximum absolute atomic E-state index is 3.93. The molecule has 0 rings (SSSR count). The third-order valence-corrected chi connectivity index (χ3v) is 4.79. The minimum absolute atomic E-state index is 0.567. The molecule has 22 heavy (non-hydrogen) atoms. The van der Waals surface area contributed by atoms with E-state index in [0.717, 1.165) is 0 Å². The fraction of sp³-hybridized carbons (Fsp3) is 0.905. The monoisotopic (exact) mass is 309 g/mol. The molecule has 0 saturated heterocycles. The fourth-order valence-corrected chi connectivity index (χ4v) is 3.13. The van der Waals surface area contributed by atoms with Crippen LogP contribution in [-0.2, 0) is 0 Å². The lowest BCUT2D eigenvalue weighted by Crippen LogP contribution is -2.25. The third kappa shape index (κ3) is 14.6. The molecule has 0 heterocycles. The lowest BCUT2D eigenvalue weighted by Gasteiger charge is -2.20. The second-order valence-corrected chi connectivity index (χ2v) is 7.15. The first-order chi connectivity index (χ1) is 10.7. The highest BCUT2D eigenvalue weighted by Gasteiger charge is 2.05. The second kappa shape index (κ2) is 17.1. The molecule has 1 atom stereocenters. The van der Waals surface area contributed by atoms with Gasteiger partial charge in [0.15, 0.2) is 0 Å². The molecule has 0 aromatic rings. The van der Waals surface area contributed by atoms with Crippen molar-refractivity contribution in [2.45, 2.75) is 109 Å². The summed E-state index contributed by atoms with van der Waals surface area (Å²) >= 11 is 0. The zero-order valence-electron chi connectivity index (χ0n) is 15.9. The Bertz CT molecular complexity index is 222. The van der Waals surface area contributed by atoms with Gasteiger partial charge in [0.05, 0.1) is 0 Å². The minimum Gasteiger partial charge on any atom is -0.303 e. The lowest BCUT2D eigenvalue weighted by molar-refractivity contribution is 0.319. The van der Waals surface area contributed by atoms with Gasteiger partial charge in [0.2, 0.25) is 0 Å². The van der Waals surface area contributed by atoms with Crippen LogP contribution < -0.4 is 0 Å². The topological polar surface area (TPSA) is 3.24 Å². The zero-order chi connectivity index (χ0) is 16.5. The fourth-order valence-electron chi connectivity index (χ4n) is 3.13. The van der Waals surface area contributed by atoms with E-state index in [1.54, 1.807) is 0 Å². The predicted octanol–water partition coefficient (Wildman–Crippen LogP) is 6.97. The molecule has 1 unspecified atom stereocenters. The Morgan fingerprint density at radius 1 is 0.682 bits per heavy atom. The molecule has 0 aromatic heterocycles. The van der Waals surface area contributed by atoms with E-state index in [1.165, 1.54) is 96.3 Å². The molecule has 1 nitrogen and oxygen atoms in total. The first-order valence-corrected chi connectivity index (χ1v) is 10.0. The summed E-state index contributed by atoms with van der Waals surface area (Å²) in [6, 6.07) is 0.567. The average molecular weight is 310 g/mol. The summed E-state index contributed by atoms with van der Waals surface area (Å²) in [5.41, 5.74) is 0. The van der Waals surface area contributed by atoms with Gasteiger partial charge in [-0.2, -0.15) is 0 Å². The zero-order valence-corrected chi connectivity index (χ0v) is 15.9. The summed E-state index contributed by atoms with van der Waals surface area (Å²) in [7, 11) is 4.30. The Balaban J connectivity index is 3.13. The van der Waals surface area contributed by atoms with Gasteiger partial charge in [-0.05, 0) is 20.5 Å². The van der Waals surface area contributed by atoms with Crippen LogP contribution in [-0.4, -0.2) is 25.0 Å². The summed E-state index contributed by atoms with van der Waals surface area (Å²) in [5.74, 6) is 0. The molecule has 0 aliphatic heterocycles. The maximum atomic E-state index is 3.93. The van der Waals surface area contributed by atoms with Crippen LogP contribution in [0.15, 0.2) is 12.7 Å². The normalized spacial score (nSPS) is 12.7. The number of nitrogens with zero attached hydrogens (tertiary/aromatic N) is 1. The van der Waals surface area contributed by atoms with Crippen molar-refractivity contribution < 1.29 is 0 Å². The average Bonchev–Trinajstić information content (AvgIpc) is 2.51. The van der Waals surface area contributed by atoms with Crippen LogP contribution >= 0.6 is 0 Å². The van der Waals surface area contributed by atoms with Crippen molar-refractivity contribution in [3.63, 3.8) is 0 Å². The molecule has 0 aliphatic carbocycles. The molecular weight excluding hydrogens is 266 g/mol. The van der Waals surface area contributed by atoms with Gasteiger partial charge in [0.1, 0.15) is 0 Å². The van der Waals surface area contributed by atoms with E-state index < -0.39 is 0 Å². The van der Waals surface area contributed by atoms with Gasteiger partial charge in [-0.25, -0.2) is 0 Å². The molecule has 0 radical (unpaired) electrons. The van der Waals surface area contributed by atoms with Crippen molar-refractivity contribution in [3.05, 3.63) is 12.7 Å². The number of hydrogen-bond acceptors (Lipinski definition) is 1. The molecule has 0 fully saturated rings. The first-order valence-electron chi connectivity index (χ1n) is 10.0. The summed E-state index contributed by atoms with van der Waals surface area (Å²) in [6.07, 6.45) is 23.5. The van der Waals surface area contributed by atoms with Crippen LogP contribution in [0.5, 0.6) is 0 Å². The van der Waals surface area contributed by atoms with Crippen molar-refractivity contribution in [3.8, 4) is 0 Å². The van der Waals surface area contributed by atoms with Crippen LogP contribution in [0.25, 0.3) is 0 Å². The van der Waals surface area contributed by atoms with Gasteiger partial charge in [-0.15, -0.1) is 6.58 Å². The van der Waals surface area contributed by atoms with E-state index in [4.69, 9.17) is 0 Å². The first kappa shape index (κ1) is 21.7. The van der Waals surface area contributed by atoms with E-state index in [1.807, 2.05) is 0 Å². The quantitative estimate of drug-likeness (QED) is 0.207. The smallest absolute Gasteiger partial charge is 0.0269 e. The molecular formula is C21H43N. The minimum atomic E-state index is 0.567. The number of rotatable bonds is 17. The molecule has 0 saturated carbocycles. The van der Waals surface area contributed by atoms with Crippen molar-refractivity contribution in [2.75, 3.05) is 14.1 Å². The Labute approximate surface area is 141 Å². The maximum Gasteiger partial charge on any atom is 0.0269 e. The summed E-state index contributed by atoms with van der Waals surface area (Å²) in [6.45, 7) is 6.22. The molecule has 132 valence electrons. The third-order valence-electron chi connectivity index (χ3n) is 4.79. The van der Waals surface area contributed by atoms with Gasteiger partial charge in [-0.1, -0.05) is 103 Å². The molecule has 0 amide bonds. The Morgan fingerprint density at radius 2 is 1.05 bits per heavy atom. The number of unbranched alkanes of at least 4 members (excludes halogenated alkanes) is 13. The molecule has 1 heteroatoms. The van der Waals surface area contributed by atoms with Crippen LogP contribution in [0.2, 0.25) is 0 Å². The van der Waals surface area contributed by atoms with E-state index in [0.29, 0.717) is 6.04 Å². The largest absolute Gasteiger partial charge is 0.303 e. The van der Waals surface area contributed by atoms with Gasteiger partial charge >= 0.3 is 0 Å². The highest BCUT2D eigenvalue weighted by atomic mass is 15.1. The highest BCUT2D eigenvalue weighted by molar-refractivity contribution is 4.84. The van der Waals surface area contributed by atoms with E-state index in [-0.39, 0.29) is 0 Å². The number of hydrogen-bond donors (Lipinski definition) is 0. The van der Waals surface area contributed by atoms with Crippen LogP contribution in [0.1, 0.15) is 103 Å². The predicted molar refractivity (Wildman–Crippen MR) is 103 cm³/mol. The van der Waals surface area contributed by atoms with Crippen LogP contribution in [0.3, 0.4) is 0 Å². The van der Waals surface area contributed by atoms with E-state index >= 15 is 0 Å². The van der Waals surface area contributed by atoms with Gasteiger partial charge in [-0.3, -0.25) is 0 Å². The number of likely N-dealkylation sites (N-methyl/N-ethyl adjacent to an activating group) is 1. The molecule has 0 N–H and O–H groups in total. The molecule has 0 bridgehead atoms. The van der Waals surface area contributed by atoms with Gasteiger partial charge in [0, 0.05) is 6.04 Å². The van der Waals surface area contributed by atoms with E-state index in [2.05, 4.69) is 38.6 Å². The summed E-state index contributed by atoms with van der Waals surface area (Å²) in [5, 5.41) is 0. The van der Waals surface area contributed by atoms with E-state index in [9.17, 15) is 0 Å². The Kier molecular flexibility index (Phi) is 16.8. The summed E-state index contributed by atoms with van der Waals surface area (Å²) in [4.78, 5) is 2.27. The lowest BCUT2D eigenvalue weighted by atomic mass is 10.0. The SMILES string of the molecule is C=CC(CCCCCCCCCCCCCCCC)N(C)C. The molecule has 0 aliphatic rings. The van der Waals surface area contributed by atoms with Crippen molar-refractivity contribution in [1.29, 1.82) is 0 Å². The van der Waals surface area contributed by atoms with Crippen molar-refractivity contribution in [2.24, 2.45) is 0 Å². The van der Waals surface area contributed by atoms with Gasteiger partial charge < -0.3 is 4.90 Å². The molecule has 0 aromatic carbocycles. The van der Waals surface area contributed by atoms with Crippen LogP contribution in [0.4, 0.5) is 0 Å². The standard InChI is InChI=1S/C21H43N/c1-5-7-8-9-10-11-12-13-14-15-16-17-18-19-20-21(6-2)22(3)4/h6,21H,2,5,7-20H2,1,3-4H3. The van der Waals surface area contributed by atoms with Gasteiger partial charge in [0.25, 0.3) is 0 Å². The second-order valence-electron chi connectivity index (χ2n) is 7.15.